The van der Waals surface area contributed by atoms with Crippen molar-refractivity contribution in [3.63, 3.8) is 0 Å². The highest BCUT2D eigenvalue weighted by molar-refractivity contribution is 7.09. The molecule has 5 rings (SSSR count). The number of rotatable bonds is 52. The summed E-state index contributed by atoms with van der Waals surface area (Å²) in [5.74, 6) is -3.36. The van der Waals surface area contributed by atoms with Gasteiger partial charge in [-0.3, -0.25) is 19.4 Å². The number of allylic oxidation sites excluding steroid dienone is 24. The van der Waals surface area contributed by atoms with Gasteiger partial charge >= 0.3 is 42.4 Å². The number of aliphatic hydroxyl groups is 5. The second kappa shape index (κ2) is 65.8. The molecule has 3 aliphatic rings. The number of carbonyl (C=O) groups excluding carboxylic acids is 9. The first-order chi connectivity index (χ1) is 65.5. The molecule has 29 heteroatoms. The highest BCUT2D eigenvalue weighted by atomic mass is 32.1. The molecule has 139 heavy (non-hydrogen) atoms. The Bertz CT molecular complexity index is 4820. The molecule has 0 radical (unpaired) electrons. The van der Waals surface area contributed by atoms with E-state index in [1.165, 1.54) is 35.6 Å². The van der Waals surface area contributed by atoms with Crippen LogP contribution in [0.4, 0.5) is 27.6 Å². The zero-order valence-corrected chi connectivity index (χ0v) is 85.9. The summed E-state index contributed by atoms with van der Waals surface area (Å²) in [6.07, 6.45) is 49.3. The Morgan fingerprint density at radius 1 is 0.460 bits per heavy atom. The first-order valence-electron chi connectivity index (χ1n) is 47.8. The molecule has 5 heterocycles. The Balaban J connectivity index is 0.000000538. The van der Waals surface area contributed by atoms with E-state index < -0.39 is 78.8 Å². The molecule has 3 amide bonds. The van der Waals surface area contributed by atoms with Crippen molar-refractivity contribution < 1.29 is 110 Å². The Labute approximate surface area is 826 Å². The Kier molecular flexibility index (Phi) is 57.8. The van der Waals surface area contributed by atoms with Crippen LogP contribution in [0.1, 0.15) is 219 Å². The minimum atomic E-state index is -4.48. The van der Waals surface area contributed by atoms with Crippen LogP contribution in [-0.4, -0.2) is 165 Å². The van der Waals surface area contributed by atoms with Crippen LogP contribution < -0.4 is 16.0 Å². The van der Waals surface area contributed by atoms with Gasteiger partial charge in [0, 0.05) is 97.3 Å². The lowest BCUT2D eigenvalue weighted by Crippen LogP contribution is -2.34. The summed E-state index contributed by atoms with van der Waals surface area (Å²) >= 11 is 1.46. The van der Waals surface area contributed by atoms with Gasteiger partial charge in [-0.1, -0.05) is 243 Å². The third-order valence-electron chi connectivity index (χ3n) is 23.2. The van der Waals surface area contributed by atoms with Gasteiger partial charge in [0.25, 0.3) is 0 Å². The van der Waals surface area contributed by atoms with E-state index in [9.17, 15) is 76.7 Å². The van der Waals surface area contributed by atoms with Crippen molar-refractivity contribution in [3.05, 3.63) is 260 Å². The lowest BCUT2D eigenvalue weighted by molar-refractivity contribution is -0.142. The van der Waals surface area contributed by atoms with Crippen LogP contribution in [0, 0.1) is 71.0 Å². The molecule has 8 N–H and O–H groups in total. The quantitative estimate of drug-likeness (QED) is 0.0132. The van der Waals surface area contributed by atoms with Crippen LogP contribution >= 0.6 is 11.3 Å². The first kappa shape index (κ1) is 122. The van der Waals surface area contributed by atoms with Gasteiger partial charge in [0.1, 0.15) is 60.5 Å². The minimum Gasteiger partial charge on any atom is -0.455 e. The average molecular weight is 1960 g/mol. The summed E-state index contributed by atoms with van der Waals surface area (Å²) in [6, 6.07) is 2.08. The molecule has 25 nitrogen and oxygen atoms in total. The SMILES string of the molecule is CC(=C/[C@H](C)C/C=C/C(C)=C/[C@@H](C)C(=O)[C@@H](C)[C@H](O)[C@@H](C)C/C(C)=C/COC(=O)NC[C@@H](O)CO)/C=C/[C@H]1CC=CC(=O)O1.CC(=C/[C@H](C)C/C=C/C(C)=C/[C@@H](C)C(=O)[C@@H](C)[C@H](O)[C@@H](C)C/C(C)=C/COC(=O)NCc1ccc(C(F)(F)F)cn1)/C=C/[C@H]1CC=CC(=O)O1.CC(=C/[C@H](C)C/C=C/C(C)=C/[C@@H](C)C(=O)[C@@H](C)[C@H](O)[C@@H](C)C/C(C)=C/COC(=O)NCc1nccs1)/C=C/[C@H]1CC=CC(=O)O1. The number of ketones is 3. The smallest absolute Gasteiger partial charge is 0.417 e. The third-order valence-corrected chi connectivity index (χ3v) is 24.0. The number of aliphatic hydroxyl groups excluding tert-OH is 5. The normalized spacial score (nSPS) is 19.8. The van der Waals surface area contributed by atoms with Crippen LogP contribution in [0.25, 0.3) is 0 Å². The number of carbonyl (C=O) groups is 9. The molecule has 0 aliphatic carbocycles. The Morgan fingerprint density at radius 3 is 1.08 bits per heavy atom. The minimum absolute atomic E-state index is 0.00168. The van der Waals surface area contributed by atoms with E-state index in [2.05, 4.69) is 83.1 Å². The number of hydrogen-bond donors (Lipinski definition) is 8. The summed E-state index contributed by atoms with van der Waals surface area (Å²) in [5, 5.41) is 60.9. The highest BCUT2D eigenvalue weighted by Gasteiger charge is 2.34. The summed E-state index contributed by atoms with van der Waals surface area (Å²) in [7, 11) is 0. The maximum absolute atomic E-state index is 13.2. The molecule has 0 saturated heterocycles. The number of halogens is 3. The summed E-state index contributed by atoms with van der Waals surface area (Å²) in [5.41, 5.74) is 8.37. The Morgan fingerprint density at radius 2 is 0.784 bits per heavy atom. The molecule has 3 aliphatic heterocycles. The number of thiazole rings is 1. The number of alkyl carbamates (subject to hydrolysis) is 3. The summed E-state index contributed by atoms with van der Waals surface area (Å²) < 4.78 is 69.1. The number of nitrogens with one attached hydrogen (secondary N) is 3. The van der Waals surface area contributed by atoms with Crippen molar-refractivity contribution in [3.8, 4) is 0 Å². The first-order valence-corrected chi connectivity index (χ1v) is 48.7. The van der Waals surface area contributed by atoms with Crippen molar-refractivity contribution in [2.45, 2.75) is 265 Å². The van der Waals surface area contributed by atoms with Crippen LogP contribution in [0.2, 0.25) is 0 Å². The molecule has 0 aromatic carbocycles. The Hall–Kier alpha value is -11.1. The van der Waals surface area contributed by atoms with E-state index in [0.29, 0.717) is 63.1 Å². The molecule has 0 unspecified atom stereocenters. The van der Waals surface area contributed by atoms with Crippen molar-refractivity contribution in [2.75, 3.05) is 33.0 Å². The van der Waals surface area contributed by atoms with Gasteiger partial charge in [-0.25, -0.2) is 33.8 Å². The van der Waals surface area contributed by atoms with Crippen LogP contribution in [0.3, 0.4) is 0 Å². The number of aromatic nitrogens is 2. The van der Waals surface area contributed by atoms with E-state index in [1.807, 2.05) is 206 Å². The number of nitrogens with zero attached hydrogens (tertiary/aromatic N) is 2. The van der Waals surface area contributed by atoms with Gasteiger partial charge in [0.15, 0.2) is 0 Å². The molecule has 2 aromatic heterocycles. The highest BCUT2D eigenvalue weighted by Crippen LogP contribution is 2.31. The fraction of sp³-hybridized carbons (Fsp3) is 0.518. The van der Waals surface area contributed by atoms with E-state index in [4.69, 9.17) is 33.5 Å². The number of cyclic esters (lactones) is 3. The molecule has 2 aromatic rings. The predicted molar refractivity (Wildman–Crippen MR) is 540 cm³/mol. The second-order valence-corrected chi connectivity index (χ2v) is 38.0. The van der Waals surface area contributed by atoms with Gasteiger partial charge in [-0.05, 0) is 185 Å². The number of alkyl halides is 3. The van der Waals surface area contributed by atoms with Gasteiger partial charge in [-0.2, -0.15) is 13.2 Å². The maximum atomic E-state index is 13.2. The molecular formula is C110H154F3N5O20S. The third kappa shape index (κ3) is 52.7. The number of esters is 3. The summed E-state index contributed by atoms with van der Waals surface area (Å²) in [6.45, 7) is 40.3. The van der Waals surface area contributed by atoms with Crippen molar-refractivity contribution in [1.29, 1.82) is 0 Å². The zero-order valence-electron chi connectivity index (χ0n) is 85.1. The summed E-state index contributed by atoms with van der Waals surface area (Å²) in [4.78, 5) is 117. The average Bonchev–Trinajstić information content (AvgIpc) is 1.20. The van der Waals surface area contributed by atoms with Gasteiger partial charge in [0.2, 0.25) is 0 Å². The molecule has 0 fully saturated rings. The number of ether oxygens (including phenoxy) is 6. The van der Waals surface area contributed by atoms with E-state index in [1.54, 1.807) is 39.1 Å². The monoisotopic (exact) mass is 1950 g/mol. The predicted octanol–water partition coefficient (Wildman–Crippen LogP) is 21.0. The van der Waals surface area contributed by atoms with Crippen molar-refractivity contribution >= 4 is 64.9 Å². The molecule has 0 bridgehead atoms. The molecule has 766 valence electrons. The zero-order chi connectivity index (χ0) is 104. The van der Waals surface area contributed by atoms with Crippen LogP contribution in [0.15, 0.2) is 244 Å². The number of pyridine rings is 1. The lowest BCUT2D eigenvalue weighted by atomic mass is 9.83. The van der Waals surface area contributed by atoms with Crippen molar-refractivity contribution in [2.24, 2.45) is 71.0 Å². The van der Waals surface area contributed by atoms with E-state index >= 15 is 0 Å². The van der Waals surface area contributed by atoms with Crippen molar-refractivity contribution in [1.82, 2.24) is 25.9 Å². The lowest BCUT2D eigenvalue weighted by Gasteiger charge is -2.26. The maximum Gasteiger partial charge on any atom is 0.417 e. The van der Waals surface area contributed by atoms with Gasteiger partial charge in [0.05, 0.1) is 55.4 Å². The number of amides is 3. The number of Topliss-reactive ketones (excluding diaryl/α,β-unsaturated/α-hetero) is 3. The fourth-order valence-electron chi connectivity index (χ4n) is 15.4. The topological polar surface area (TPSA) is 372 Å². The molecule has 19 atom stereocenters. The van der Waals surface area contributed by atoms with Gasteiger partial charge < -0.3 is 69.9 Å². The number of hydrogen-bond acceptors (Lipinski definition) is 23. The van der Waals surface area contributed by atoms with E-state index in [-0.39, 0.29) is 134 Å². The molecule has 0 saturated carbocycles. The fourth-order valence-corrected chi connectivity index (χ4v) is 15.9. The van der Waals surface area contributed by atoms with Crippen LogP contribution in [0.5, 0.6) is 0 Å². The molecular weight excluding hydrogens is 1800 g/mol. The van der Waals surface area contributed by atoms with Gasteiger partial charge in [-0.15, -0.1) is 11.3 Å². The standard InChI is InChI=1S/C39H51F3N2O6.C36H50N2O6S.C35H53NO8/c1-25(20-27(3)14-17-34-12-9-13-35(45)50-34)10-8-11-26(2)21-29(5)36(46)31(7)37(47)30(6)22-28(4)18-19-49-38(48)44-24-33-16-15-32(23-43-33)39(40,41)42;1-24(20-26(3)14-15-31-12-9-13-33(39)44-31)10-8-11-25(2)21-28(5)34(40)30(7)35(41)29(6)22-27(4)16-18-43-36(42)38-23-32-37-17-19-45-32;1-23(18-25(3)14-15-31-12-9-13-32(39)44-31)10-8-11-24(2)19-27(5)33(40)29(7)34(41)28(6)20-26(4)16-17-43-35(42)36-21-30(38)22-37/h8-9,11,13-18,20-21,23,25,29-31,34,37,47H,10,12,19,22,24H2,1-7H3,(H,44,48);8-9,11,13-17,19-21,24,28-31,35,41H,10,12,18,22-23H2,1-7H3,(H,38,42);8-9,11,13-16,18-19,23,27-31,34,37-38,41H,10,12,17,20-22H2,1-7H3,(H,36,42)/b11-8+,17-14+,26-21+,27-20-,28-18+;11-8+,15-14+,25-21+,26-20-,27-16+;11-8+,15-14+,24-19+,25-18-,26-16+/t25-,29-,30+,31-,34-,37-;24-,28-,29+,30-,31-,35-;23-,27-,28+,29-,30-,31-,34-/m111/s1. The molecule has 0 spiro atoms. The van der Waals surface area contributed by atoms with Crippen LogP contribution in [-0.2, 0) is 76.5 Å². The second-order valence-electron chi connectivity index (χ2n) is 37.0. The van der Waals surface area contributed by atoms with E-state index in [0.717, 1.165) is 80.5 Å². The largest absolute Gasteiger partial charge is 0.455 e.